The monoisotopic (exact) mass is 230 g/mol. The molecule has 92 valence electrons. The SMILES string of the molecule is COCC1CCN(C(=O)N(C)CC(=O)O)C1. The number of amides is 2. The van der Waals surface area contributed by atoms with E-state index in [2.05, 4.69) is 0 Å². The molecular weight excluding hydrogens is 212 g/mol. The van der Waals surface area contributed by atoms with Gasteiger partial charge in [-0.1, -0.05) is 0 Å². The van der Waals surface area contributed by atoms with E-state index in [0.29, 0.717) is 25.6 Å². The van der Waals surface area contributed by atoms with E-state index in [9.17, 15) is 9.59 Å². The second-order valence-corrected chi connectivity index (χ2v) is 4.09. The van der Waals surface area contributed by atoms with Crippen LogP contribution in [0, 0.1) is 5.92 Å². The fourth-order valence-electron chi connectivity index (χ4n) is 1.89. The summed E-state index contributed by atoms with van der Waals surface area (Å²) in [6, 6.07) is -0.221. The Bertz CT molecular complexity index is 270. The van der Waals surface area contributed by atoms with Gasteiger partial charge in [0.2, 0.25) is 0 Å². The summed E-state index contributed by atoms with van der Waals surface area (Å²) < 4.78 is 5.03. The average molecular weight is 230 g/mol. The van der Waals surface area contributed by atoms with E-state index in [-0.39, 0.29) is 12.6 Å². The van der Waals surface area contributed by atoms with Crippen molar-refractivity contribution in [1.29, 1.82) is 0 Å². The Labute approximate surface area is 94.8 Å². The summed E-state index contributed by atoms with van der Waals surface area (Å²) in [5.41, 5.74) is 0. The van der Waals surface area contributed by atoms with Gasteiger partial charge in [0, 0.05) is 33.2 Å². The number of likely N-dealkylation sites (tertiary alicyclic amines) is 1. The van der Waals surface area contributed by atoms with Crippen molar-refractivity contribution in [1.82, 2.24) is 9.80 Å². The van der Waals surface area contributed by atoms with E-state index in [1.807, 2.05) is 0 Å². The zero-order valence-corrected chi connectivity index (χ0v) is 9.68. The molecule has 16 heavy (non-hydrogen) atoms. The van der Waals surface area contributed by atoms with Gasteiger partial charge in [-0.3, -0.25) is 4.79 Å². The van der Waals surface area contributed by atoms with Crippen LogP contribution in [0.1, 0.15) is 6.42 Å². The number of likely N-dealkylation sites (N-methyl/N-ethyl adjacent to an activating group) is 1. The quantitative estimate of drug-likeness (QED) is 0.743. The van der Waals surface area contributed by atoms with E-state index < -0.39 is 5.97 Å². The van der Waals surface area contributed by atoms with Crippen LogP contribution in [0.25, 0.3) is 0 Å². The Morgan fingerprint density at radius 3 is 2.81 bits per heavy atom. The van der Waals surface area contributed by atoms with Crippen molar-refractivity contribution in [2.24, 2.45) is 5.92 Å². The zero-order chi connectivity index (χ0) is 12.1. The molecule has 1 atom stereocenters. The van der Waals surface area contributed by atoms with Gasteiger partial charge in [-0.05, 0) is 6.42 Å². The van der Waals surface area contributed by atoms with Crippen LogP contribution in [-0.4, -0.2) is 67.3 Å². The molecule has 1 rings (SSSR count). The molecule has 1 unspecified atom stereocenters. The van der Waals surface area contributed by atoms with Crippen molar-refractivity contribution in [3.8, 4) is 0 Å². The van der Waals surface area contributed by atoms with Crippen molar-refractivity contribution in [2.75, 3.05) is 40.4 Å². The molecule has 6 heteroatoms. The van der Waals surface area contributed by atoms with Crippen LogP contribution in [0.2, 0.25) is 0 Å². The number of aliphatic carboxylic acids is 1. The lowest BCUT2D eigenvalue weighted by Gasteiger charge is -2.23. The highest BCUT2D eigenvalue weighted by Crippen LogP contribution is 2.17. The first-order valence-corrected chi connectivity index (χ1v) is 5.25. The van der Waals surface area contributed by atoms with Gasteiger partial charge >= 0.3 is 12.0 Å². The summed E-state index contributed by atoms with van der Waals surface area (Å²) in [5.74, 6) is -0.629. The van der Waals surface area contributed by atoms with Gasteiger partial charge in [0.05, 0.1) is 6.61 Å². The minimum atomic E-state index is -0.997. The number of nitrogens with zero attached hydrogens (tertiary/aromatic N) is 2. The van der Waals surface area contributed by atoms with Crippen LogP contribution in [-0.2, 0) is 9.53 Å². The van der Waals surface area contributed by atoms with Crippen LogP contribution in [0.15, 0.2) is 0 Å². The van der Waals surface area contributed by atoms with Crippen LogP contribution < -0.4 is 0 Å². The number of carboxylic acids is 1. The van der Waals surface area contributed by atoms with Gasteiger partial charge in [0.15, 0.2) is 0 Å². The normalized spacial score (nSPS) is 19.9. The maximum atomic E-state index is 11.8. The third-order valence-electron chi connectivity index (χ3n) is 2.66. The van der Waals surface area contributed by atoms with Crippen molar-refractivity contribution in [3.05, 3.63) is 0 Å². The molecule has 0 aromatic heterocycles. The number of hydrogen-bond donors (Lipinski definition) is 1. The number of carbonyl (C=O) groups is 2. The third kappa shape index (κ3) is 3.37. The topological polar surface area (TPSA) is 70.1 Å². The molecule has 6 nitrogen and oxygen atoms in total. The molecule has 2 amide bonds. The summed E-state index contributed by atoms with van der Waals surface area (Å²) in [6.07, 6.45) is 0.917. The summed E-state index contributed by atoms with van der Waals surface area (Å²) in [4.78, 5) is 25.1. The molecule has 1 N–H and O–H groups in total. The fourth-order valence-corrected chi connectivity index (χ4v) is 1.89. The zero-order valence-electron chi connectivity index (χ0n) is 9.68. The molecule has 0 aliphatic carbocycles. The van der Waals surface area contributed by atoms with E-state index in [4.69, 9.17) is 9.84 Å². The second-order valence-electron chi connectivity index (χ2n) is 4.09. The standard InChI is InChI=1S/C10H18N2O4/c1-11(6-9(13)14)10(15)12-4-3-8(5-12)7-16-2/h8H,3-7H2,1-2H3,(H,13,14). The lowest BCUT2D eigenvalue weighted by molar-refractivity contribution is -0.137. The Kier molecular flexibility index (Phi) is 4.54. The Hall–Kier alpha value is -1.30. The van der Waals surface area contributed by atoms with Crippen LogP contribution >= 0.6 is 0 Å². The Balaban J connectivity index is 2.41. The molecule has 0 aromatic carbocycles. The average Bonchev–Trinajstić information content (AvgIpc) is 2.64. The van der Waals surface area contributed by atoms with E-state index in [1.165, 1.54) is 11.9 Å². The number of carboxylic acid groups (broad SMARTS) is 1. The second kappa shape index (κ2) is 5.69. The minimum Gasteiger partial charge on any atom is -0.480 e. The van der Waals surface area contributed by atoms with Crippen molar-refractivity contribution in [2.45, 2.75) is 6.42 Å². The summed E-state index contributed by atoms with van der Waals surface area (Å²) in [5, 5.41) is 8.58. The third-order valence-corrected chi connectivity index (χ3v) is 2.66. The van der Waals surface area contributed by atoms with E-state index in [0.717, 1.165) is 6.42 Å². The highest BCUT2D eigenvalue weighted by molar-refractivity contribution is 5.80. The highest BCUT2D eigenvalue weighted by atomic mass is 16.5. The first-order chi connectivity index (χ1) is 7.54. The fraction of sp³-hybridized carbons (Fsp3) is 0.800. The molecule has 1 heterocycles. The van der Waals surface area contributed by atoms with Crippen LogP contribution in [0.5, 0.6) is 0 Å². The van der Waals surface area contributed by atoms with Crippen LogP contribution in [0.4, 0.5) is 4.79 Å². The molecule has 1 fully saturated rings. The van der Waals surface area contributed by atoms with Gasteiger partial charge in [-0.15, -0.1) is 0 Å². The largest absolute Gasteiger partial charge is 0.480 e. The number of ether oxygens (including phenoxy) is 1. The van der Waals surface area contributed by atoms with E-state index in [1.54, 1.807) is 12.0 Å². The summed E-state index contributed by atoms with van der Waals surface area (Å²) in [7, 11) is 3.14. The van der Waals surface area contributed by atoms with Gasteiger partial charge in [0.1, 0.15) is 6.54 Å². The number of rotatable bonds is 4. The molecule has 0 bridgehead atoms. The van der Waals surface area contributed by atoms with Gasteiger partial charge < -0.3 is 19.6 Å². The summed E-state index contributed by atoms with van der Waals surface area (Å²) in [6.45, 7) is 1.71. The van der Waals surface area contributed by atoms with Crippen molar-refractivity contribution in [3.63, 3.8) is 0 Å². The van der Waals surface area contributed by atoms with Gasteiger partial charge in [-0.25, -0.2) is 4.79 Å². The molecular formula is C10H18N2O4. The molecule has 0 saturated carbocycles. The molecule has 1 aliphatic rings. The Morgan fingerprint density at radius 2 is 2.25 bits per heavy atom. The number of methoxy groups -OCH3 is 1. The Morgan fingerprint density at radius 1 is 1.56 bits per heavy atom. The number of hydrogen-bond acceptors (Lipinski definition) is 3. The lowest BCUT2D eigenvalue weighted by Crippen LogP contribution is -2.42. The summed E-state index contributed by atoms with van der Waals surface area (Å²) >= 11 is 0. The lowest BCUT2D eigenvalue weighted by atomic mass is 10.1. The first-order valence-electron chi connectivity index (χ1n) is 5.25. The van der Waals surface area contributed by atoms with Crippen LogP contribution in [0.3, 0.4) is 0 Å². The van der Waals surface area contributed by atoms with Gasteiger partial charge in [-0.2, -0.15) is 0 Å². The predicted octanol–water partition coefficient (Wildman–Crippen LogP) is 0.0911. The molecule has 0 radical (unpaired) electrons. The molecule has 0 spiro atoms. The molecule has 1 aliphatic heterocycles. The smallest absolute Gasteiger partial charge is 0.323 e. The predicted molar refractivity (Wildman–Crippen MR) is 57.2 cm³/mol. The van der Waals surface area contributed by atoms with Crippen molar-refractivity contribution >= 4 is 12.0 Å². The minimum absolute atomic E-state index is 0.221. The number of urea groups is 1. The van der Waals surface area contributed by atoms with E-state index >= 15 is 0 Å². The maximum absolute atomic E-state index is 11.8. The molecule has 0 aromatic rings. The first kappa shape index (κ1) is 12.8. The molecule has 1 saturated heterocycles. The number of carbonyl (C=O) groups excluding carboxylic acids is 1. The van der Waals surface area contributed by atoms with Gasteiger partial charge in [0.25, 0.3) is 0 Å². The highest BCUT2D eigenvalue weighted by Gasteiger charge is 2.28. The van der Waals surface area contributed by atoms with Crippen molar-refractivity contribution < 1.29 is 19.4 Å². The maximum Gasteiger partial charge on any atom is 0.323 e.